The molecule has 0 amide bonds. The van der Waals surface area contributed by atoms with Crippen molar-refractivity contribution in [1.82, 2.24) is 15.6 Å². The highest BCUT2D eigenvalue weighted by Gasteiger charge is 2.25. The number of hydrogen-bond donors (Lipinski definition) is 2. The Labute approximate surface area is 163 Å². The van der Waals surface area contributed by atoms with Crippen LogP contribution in [0.15, 0.2) is 46.1 Å². The fourth-order valence-corrected chi connectivity index (χ4v) is 3.31. The molecule has 0 saturated carbocycles. The first-order valence-corrected chi connectivity index (χ1v) is 10.6. The highest BCUT2D eigenvalue weighted by atomic mass is 32.2. The molecule has 0 bridgehead atoms. The maximum Gasteiger partial charge on any atom is 0.191 e. The van der Waals surface area contributed by atoms with Gasteiger partial charge in [0.15, 0.2) is 17.6 Å². The molecule has 146 valence electrons. The van der Waals surface area contributed by atoms with Crippen molar-refractivity contribution < 1.29 is 8.81 Å². The molecule has 0 radical (unpaired) electrons. The van der Waals surface area contributed by atoms with Gasteiger partial charge in [0.05, 0.1) is 12.8 Å². The van der Waals surface area contributed by atoms with E-state index < -0.39 is 0 Å². The average molecular weight is 392 g/mol. The van der Waals surface area contributed by atoms with Gasteiger partial charge in [-0.15, -0.1) is 0 Å². The fraction of sp³-hybridized carbons (Fsp3) is 0.474. The van der Waals surface area contributed by atoms with Crippen molar-refractivity contribution in [3.05, 3.63) is 48.3 Å². The predicted molar refractivity (Wildman–Crippen MR) is 109 cm³/mol. The van der Waals surface area contributed by atoms with Gasteiger partial charge in [-0.1, -0.05) is 0 Å². The maximum atomic E-state index is 14.0. The summed E-state index contributed by atoms with van der Waals surface area (Å²) in [5.41, 5.74) is 0. The molecule has 2 N–H and O–H groups in total. The number of rotatable bonds is 8. The summed E-state index contributed by atoms with van der Waals surface area (Å²) in [4.78, 5) is 10.8. The Hall–Kier alpha value is -2.22. The normalized spacial score (nSPS) is 17.3. The smallest absolute Gasteiger partial charge is 0.191 e. The van der Waals surface area contributed by atoms with Crippen LogP contribution in [0, 0.1) is 5.82 Å². The van der Waals surface area contributed by atoms with Crippen molar-refractivity contribution in [2.24, 2.45) is 4.99 Å². The van der Waals surface area contributed by atoms with Crippen LogP contribution in [0.2, 0.25) is 0 Å². The van der Waals surface area contributed by atoms with Gasteiger partial charge in [-0.25, -0.2) is 9.37 Å². The van der Waals surface area contributed by atoms with Crippen molar-refractivity contribution in [2.45, 2.75) is 18.9 Å². The van der Waals surface area contributed by atoms with E-state index in [4.69, 9.17) is 4.42 Å². The van der Waals surface area contributed by atoms with Crippen LogP contribution >= 0.6 is 11.8 Å². The van der Waals surface area contributed by atoms with Gasteiger partial charge < -0.3 is 20.0 Å². The number of anilines is 1. The van der Waals surface area contributed by atoms with E-state index in [1.807, 2.05) is 17.0 Å². The molecule has 8 heteroatoms. The Morgan fingerprint density at radius 2 is 2.37 bits per heavy atom. The summed E-state index contributed by atoms with van der Waals surface area (Å²) in [6.45, 7) is 2.97. The molecule has 0 aromatic carbocycles. The summed E-state index contributed by atoms with van der Waals surface area (Å²) in [6, 6.07) is 7.13. The van der Waals surface area contributed by atoms with E-state index in [9.17, 15) is 4.39 Å². The highest BCUT2D eigenvalue weighted by molar-refractivity contribution is 7.98. The molecule has 3 heterocycles. The lowest BCUT2D eigenvalue weighted by atomic mass is 10.3. The maximum absolute atomic E-state index is 14.0. The summed E-state index contributed by atoms with van der Waals surface area (Å²) in [7, 11) is 0. The van der Waals surface area contributed by atoms with Gasteiger partial charge in [0.25, 0.3) is 0 Å². The Morgan fingerprint density at radius 3 is 3.15 bits per heavy atom. The van der Waals surface area contributed by atoms with Crippen LogP contribution in [0.3, 0.4) is 0 Å². The number of nitrogens with one attached hydrogen (secondary N) is 2. The van der Waals surface area contributed by atoms with Crippen LogP contribution in [0.4, 0.5) is 10.2 Å². The molecule has 3 rings (SSSR count). The van der Waals surface area contributed by atoms with Crippen LogP contribution in [0.25, 0.3) is 0 Å². The largest absolute Gasteiger partial charge is 0.469 e. The third kappa shape index (κ3) is 5.89. The second-order valence-electron chi connectivity index (χ2n) is 6.36. The molecule has 0 spiro atoms. The van der Waals surface area contributed by atoms with Crippen molar-refractivity contribution in [3.8, 4) is 0 Å². The van der Waals surface area contributed by atoms with E-state index in [-0.39, 0.29) is 11.9 Å². The number of hydrogen-bond acceptors (Lipinski definition) is 5. The number of thioether (sulfide) groups is 1. The van der Waals surface area contributed by atoms with Gasteiger partial charge in [-0.2, -0.15) is 11.8 Å². The lowest BCUT2D eigenvalue weighted by Crippen LogP contribution is -2.45. The first-order chi connectivity index (χ1) is 13.3. The minimum atomic E-state index is -0.274. The standard InChI is InChI=1S/C19H26FN5OS/c1-27-13-10-23-19(22-9-6-16-4-3-12-26-16)24-15-7-11-25(14-15)18-17(20)5-2-8-21-18/h2-5,8,12,15H,6-7,9-11,13-14H2,1H3,(H2,22,23,24). The van der Waals surface area contributed by atoms with Gasteiger partial charge in [0.1, 0.15) is 5.76 Å². The summed E-state index contributed by atoms with van der Waals surface area (Å²) >= 11 is 1.77. The lowest BCUT2D eigenvalue weighted by molar-refractivity contribution is 0.506. The van der Waals surface area contributed by atoms with Crippen LogP contribution in [0.5, 0.6) is 0 Å². The SMILES string of the molecule is CSCCN=C(NCCc1ccco1)NC1CCN(c2ncccc2F)C1. The molecule has 1 aliphatic heterocycles. The van der Waals surface area contributed by atoms with Crippen LogP contribution in [0.1, 0.15) is 12.2 Å². The second kappa shape index (κ2) is 10.2. The molecular formula is C19H26FN5OS. The number of furan rings is 1. The Kier molecular flexibility index (Phi) is 7.38. The number of nitrogens with zero attached hydrogens (tertiary/aromatic N) is 3. The zero-order valence-corrected chi connectivity index (χ0v) is 16.3. The van der Waals surface area contributed by atoms with Crippen LogP contribution < -0.4 is 15.5 Å². The minimum Gasteiger partial charge on any atom is -0.469 e. The molecule has 1 atom stereocenters. The Morgan fingerprint density at radius 1 is 1.44 bits per heavy atom. The van der Waals surface area contributed by atoms with E-state index in [0.29, 0.717) is 12.4 Å². The summed E-state index contributed by atoms with van der Waals surface area (Å²) in [5.74, 6) is 2.87. The number of aromatic nitrogens is 1. The number of pyridine rings is 1. The van der Waals surface area contributed by atoms with Gasteiger partial charge in [-0.3, -0.25) is 4.99 Å². The lowest BCUT2D eigenvalue weighted by Gasteiger charge is -2.20. The zero-order chi connectivity index (χ0) is 18.9. The molecule has 0 aliphatic carbocycles. The van der Waals surface area contributed by atoms with Gasteiger partial charge in [-0.05, 0) is 36.9 Å². The van der Waals surface area contributed by atoms with Crippen molar-refractivity contribution in [1.29, 1.82) is 0 Å². The van der Waals surface area contributed by atoms with Crippen LogP contribution in [-0.2, 0) is 6.42 Å². The molecule has 1 fully saturated rings. The summed E-state index contributed by atoms with van der Waals surface area (Å²) in [5, 5.41) is 6.85. The molecule has 2 aromatic heterocycles. The monoisotopic (exact) mass is 391 g/mol. The van der Waals surface area contributed by atoms with E-state index in [1.54, 1.807) is 30.3 Å². The van der Waals surface area contributed by atoms with Crippen LogP contribution in [-0.4, -0.2) is 55.2 Å². The average Bonchev–Trinajstić information content (AvgIpc) is 3.34. The summed E-state index contributed by atoms with van der Waals surface area (Å²) in [6.07, 6.45) is 7.10. The van der Waals surface area contributed by atoms with Crippen molar-refractivity contribution in [2.75, 3.05) is 43.1 Å². The first kappa shape index (κ1) is 19.5. The summed E-state index contributed by atoms with van der Waals surface area (Å²) < 4.78 is 19.3. The second-order valence-corrected chi connectivity index (χ2v) is 7.35. The van der Waals surface area contributed by atoms with E-state index >= 15 is 0 Å². The quantitative estimate of drug-likeness (QED) is 0.410. The number of guanidine groups is 1. The Balaban J connectivity index is 1.53. The van der Waals surface area contributed by atoms with E-state index in [1.165, 1.54) is 6.07 Å². The van der Waals surface area contributed by atoms with Crippen molar-refractivity contribution in [3.63, 3.8) is 0 Å². The topological polar surface area (TPSA) is 65.7 Å². The van der Waals surface area contributed by atoms with E-state index in [0.717, 1.165) is 49.9 Å². The van der Waals surface area contributed by atoms with Gasteiger partial charge in [0.2, 0.25) is 0 Å². The predicted octanol–water partition coefficient (Wildman–Crippen LogP) is 2.53. The molecule has 1 unspecified atom stereocenters. The molecule has 2 aromatic rings. The number of aliphatic imine (C=N–C) groups is 1. The number of halogens is 1. The molecular weight excluding hydrogens is 365 g/mol. The van der Waals surface area contributed by atoms with Gasteiger partial charge >= 0.3 is 0 Å². The van der Waals surface area contributed by atoms with E-state index in [2.05, 4.69) is 26.9 Å². The molecule has 27 heavy (non-hydrogen) atoms. The van der Waals surface area contributed by atoms with Crippen molar-refractivity contribution >= 4 is 23.5 Å². The third-order valence-electron chi connectivity index (χ3n) is 4.38. The molecule has 6 nitrogen and oxygen atoms in total. The van der Waals surface area contributed by atoms with Gasteiger partial charge in [0, 0.05) is 44.0 Å². The third-order valence-corrected chi connectivity index (χ3v) is 4.97. The fourth-order valence-electron chi connectivity index (χ4n) is 3.03. The highest BCUT2D eigenvalue weighted by Crippen LogP contribution is 2.20. The molecule has 1 saturated heterocycles. The minimum absolute atomic E-state index is 0.204. The first-order valence-electron chi connectivity index (χ1n) is 9.18. The zero-order valence-electron chi connectivity index (χ0n) is 15.5. The molecule has 1 aliphatic rings. The Bertz CT molecular complexity index is 725.